The van der Waals surface area contributed by atoms with E-state index in [4.69, 9.17) is 39.8 Å². The van der Waals surface area contributed by atoms with Crippen molar-refractivity contribution in [3.63, 3.8) is 0 Å². The molecule has 1 saturated heterocycles. The molecule has 0 spiro atoms. The number of benzene rings is 2. The average Bonchev–Trinajstić information content (AvgIpc) is 3.35. The van der Waals surface area contributed by atoms with Crippen LogP contribution in [0.25, 0.3) is 11.3 Å². The lowest BCUT2D eigenvalue weighted by Crippen LogP contribution is -2.48. The molecule has 1 aliphatic rings. The van der Waals surface area contributed by atoms with Gasteiger partial charge >= 0.3 is 0 Å². The molecule has 36 heavy (non-hydrogen) atoms. The summed E-state index contributed by atoms with van der Waals surface area (Å²) in [7, 11) is 0. The van der Waals surface area contributed by atoms with E-state index in [2.05, 4.69) is 15.5 Å². The van der Waals surface area contributed by atoms with Crippen molar-refractivity contribution in [2.75, 3.05) is 36.4 Å². The third-order valence-corrected chi connectivity index (χ3v) is 6.59. The fourth-order valence-corrected chi connectivity index (χ4v) is 4.60. The molecule has 188 valence electrons. The predicted molar refractivity (Wildman–Crippen MR) is 148 cm³/mol. The minimum atomic E-state index is -0.467. The molecule has 2 aromatic carbocycles. The molecule has 2 amide bonds. The lowest BCUT2D eigenvalue weighted by atomic mass is 10.2. The SMILES string of the molecule is CCCC(=O)N1CCN(c2ccc(NC(=S)NC(=O)c3ccc(-c4ccc(Cl)cc4)o3)cc2Cl)CC1. The van der Waals surface area contributed by atoms with Gasteiger partial charge in [-0.25, -0.2) is 0 Å². The molecule has 0 bridgehead atoms. The van der Waals surface area contributed by atoms with Gasteiger partial charge in [-0.15, -0.1) is 0 Å². The number of amides is 2. The van der Waals surface area contributed by atoms with E-state index in [1.54, 1.807) is 30.3 Å². The highest BCUT2D eigenvalue weighted by atomic mass is 35.5. The van der Waals surface area contributed by atoms with Gasteiger partial charge in [0.1, 0.15) is 5.76 Å². The Bertz CT molecular complexity index is 1250. The first-order chi connectivity index (χ1) is 17.3. The maximum absolute atomic E-state index is 12.6. The molecule has 2 heterocycles. The number of piperazine rings is 1. The number of hydrogen-bond donors (Lipinski definition) is 2. The molecule has 3 aromatic rings. The van der Waals surface area contributed by atoms with Crippen molar-refractivity contribution in [3.8, 4) is 11.3 Å². The summed E-state index contributed by atoms with van der Waals surface area (Å²) in [6.07, 6.45) is 1.44. The van der Waals surface area contributed by atoms with Gasteiger partial charge in [-0.3, -0.25) is 14.9 Å². The summed E-state index contributed by atoms with van der Waals surface area (Å²) in [5.41, 5.74) is 2.35. The first kappa shape index (κ1) is 26.0. The van der Waals surface area contributed by atoms with Crippen LogP contribution in [0, 0.1) is 0 Å². The second-order valence-electron chi connectivity index (χ2n) is 8.36. The normalized spacial score (nSPS) is 13.4. The highest BCUT2D eigenvalue weighted by Crippen LogP contribution is 2.30. The third-order valence-electron chi connectivity index (χ3n) is 5.83. The van der Waals surface area contributed by atoms with Crippen LogP contribution in [0.5, 0.6) is 0 Å². The molecular weight excluding hydrogens is 519 g/mol. The molecular formula is C26H26Cl2N4O3S. The number of halogens is 2. The summed E-state index contributed by atoms with van der Waals surface area (Å²) in [6.45, 7) is 4.81. The molecule has 0 saturated carbocycles. The smallest absolute Gasteiger partial charge is 0.293 e. The number of nitrogens with zero attached hydrogens (tertiary/aromatic N) is 2. The monoisotopic (exact) mass is 544 g/mol. The van der Waals surface area contributed by atoms with Crippen molar-refractivity contribution in [1.82, 2.24) is 10.2 Å². The van der Waals surface area contributed by atoms with Crippen molar-refractivity contribution in [1.29, 1.82) is 0 Å². The maximum atomic E-state index is 12.6. The van der Waals surface area contributed by atoms with Gasteiger partial charge in [0, 0.05) is 48.9 Å². The lowest BCUT2D eigenvalue weighted by molar-refractivity contribution is -0.131. The van der Waals surface area contributed by atoms with Gasteiger partial charge in [0.25, 0.3) is 5.91 Å². The highest BCUT2D eigenvalue weighted by molar-refractivity contribution is 7.80. The van der Waals surface area contributed by atoms with Crippen LogP contribution in [-0.4, -0.2) is 48.0 Å². The molecule has 1 aliphatic heterocycles. The van der Waals surface area contributed by atoms with Gasteiger partial charge in [0.15, 0.2) is 10.9 Å². The Morgan fingerprint density at radius 1 is 1.00 bits per heavy atom. The van der Waals surface area contributed by atoms with Crippen molar-refractivity contribution in [2.24, 2.45) is 0 Å². The molecule has 0 radical (unpaired) electrons. The number of anilines is 2. The Labute approximate surface area is 225 Å². The Kier molecular flexibility index (Phi) is 8.51. The second kappa shape index (κ2) is 11.8. The van der Waals surface area contributed by atoms with Crippen molar-refractivity contribution >= 4 is 63.7 Å². The highest BCUT2D eigenvalue weighted by Gasteiger charge is 2.22. The molecule has 0 atom stereocenters. The van der Waals surface area contributed by atoms with E-state index in [0.717, 1.165) is 30.8 Å². The standard InChI is InChI=1S/C26H26Cl2N4O3S/c1-2-3-24(33)32-14-12-31(13-15-32)21-9-8-19(16-20(21)28)29-26(36)30-25(34)23-11-10-22(35-23)17-4-6-18(27)7-5-17/h4-11,16H,2-3,12-15H2,1H3,(H2,29,30,34,36). The molecule has 2 N–H and O–H groups in total. The van der Waals surface area contributed by atoms with Gasteiger partial charge in [0.05, 0.1) is 10.7 Å². The molecule has 1 aromatic heterocycles. The number of nitrogens with one attached hydrogen (secondary N) is 2. The Morgan fingerprint density at radius 3 is 2.39 bits per heavy atom. The van der Waals surface area contributed by atoms with Gasteiger partial charge in [-0.1, -0.05) is 30.1 Å². The number of hydrogen-bond acceptors (Lipinski definition) is 5. The van der Waals surface area contributed by atoms with Crippen LogP contribution in [0.1, 0.15) is 30.3 Å². The summed E-state index contributed by atoms with van der Waals surface area (Å²) in [4.78, 5) is 28.8. The van der Waals surface area contributed by atoms with Crippen molar-refractivity contribution in [2.45, 2.75) is 19.8 Å². The predicted octanol–water partition coefficient (Wildman–Crippen LogP) is 5.83. The van der Waals surface area contributed by atoms with Gasteiger partial charge < -0.3 is 19.5 Å². The van der Waals surface area contributed by atoms with E-state index in [9.17, 15) is 9.59 Å². The number of thiocarbonyl (C=S) groups is 1. The second-order valence-corrected chi connectivity index (χ2v) is 9.61. The number of carbonyl (C=O) groups excluding carboxylic acids is 2. The third kappa shape index (κ3) is 6.37. The van der Waals surface area contributed by atoms with Gasteiger partial charge in [-0.2, -0.15) is 0 Å². The largest absolute Gasteiger partial charge is 0.451 e. The van der Waals surface area contributed by atoms with Crippen LogP contribution in [0.4, 0.5) is 11.4 Å². The minimum absolute atomic E-state index is 0.122. The zero-order valence-electron chi connectivity index (χ0n) is 19.7. The molecule has 1 fully saturated rings. The summed E-state index contributed by atoms with van der Waals surface area (Å²) in [5.74, 6) is 0.419. The van der Waals surface area contributed by atoms with E-state index in [-0.39, 0.29) is 16.8 Å². The number of furan rings is 1. The van der Waals surface area contributed by atoms with Crippen LogP contribution in [-0.2, 0) is 4.79 Å². The van der Waals surface area contributed by atoms with Crippen LogP contribution in [0.3, 0.4) is 0 Å². The summed E-state index contributed by atoms with van der Waals surface area (Å²) < 4.78 is 5.67. The molecule has 7 nitrogen and oxygen atoms in total. The van der Waals surface area contributed by atoms with Crippen LogP contribution in [0.2, 0.25) is 10.0 Å². The fraction of sp³-hybridized carbons (Fsp3) is 0.269. The topological polar surface area (TPSA) is 77.8 Å². The summed E-state index contributed by atoms with van der Waals surface area (Å²) in [5, 5.41) is 6.90. The maximum Gasteiger partial charge on any atom is 0.293 e. The van der Waals surface area contributed by atoms with Crippen molar-refractivity contribution in [3.05, 3.63) is 70.4 Å². The minimum Gasteiger partial charge on any atom is -0.451 e. The Hall–Kier alpha value is -3.07. The van der Waals surface area contributed by atoms with Gasteiger partial charge in [0.2, 0.25) is 5.91 Å². The zero-order valence-corrected chi connectivity index (χ0v) is 22.1. The Morgan fingerprint density at radius 2 is 1.72 bits per heavy atom. The van der Waals surface area contributed by atoms with E-state index in [0.29, 0.717) is 41.0 Å². The summed E-state index contributed by atoms with van der Waals surface area (Å²) in [6, 6.07) is 15.9. The fourth-order valence-electron chi connectivity index (χ4n) is 3.97. The Balaban J connectivity index is 1.32. The van der Waals surface area contributed by atoms with Crippen LogP contribution < -0.4 is 15.5 Å². The first-order valence-corrected chi connectivity index (χ1v) is 12.8. The van der Waals surface area contributed by atoms with Crippen molar-refractivity contribution < 1.29 is 14.0 Å². The quantitative estimate of drug-likeness (QED) is 0.380. The zero-order chi connectivity index (χ0) is 25.7. The van der Waals surface area contributed by atoms with Crippen LogP contribution in [0.15, 0.2) is 59.0 Å². The van der Waals surface area contributed by atoms with Crippen LogP contribution >= 0.6 is 35.4 Å². The first-order valence-electron chi connectivity index (χ1n) is 11.6. The number of carbonyl (C=O) groups is 2. The molecule has 0 unspecified atom stereocenters. The van der Waals surface area contributed by atoms with E-state index < -0.39 is 5.91 Å². The average molecular weight is 545 g/mol. The molecule has 10 heteroatoms. The van der Waals surface area contributed by atoms with E-state index >= 15 is 0 Å². The lowest BCUT2D eigenvalue weighted by Gasteiger charge is -2.36. The van der Waals surface area contributed by atoms with Gasteiger partial charge in [-0.05, 0) is 73.2 Å². The van der Waals surface area contributed by atoms with E-state index in [1.165, 1.54) is 0 Å². The summed E-state index contributed by atoms with van der Waals surface area (Å²) >= 11 is 17.8. The molecule has 0 aliphatic carbocycles. The molecule has 4 rings (SSSR count). The van der Waals surface area contributed by atoms with E-state index in [1.807, 2.05) is 36.1 Å². The number of rotatable bonds is 6.